The van der Waals surface area contributed by atoms with Crippen LogP contribution in [0.15, 0.2) is 30.3 Å². The van der Waals surface area contributed by atoms with Crippen LogP contribution in [0.4, 0.5) is 0 Å². The first-order valence-electron chi connectivity index (χ1n) is 6.37. The number of esters is 1. The topological polar surface area (TPSA) is 101 Å². The van der Waals surface area contributed by atoms with Gasteiger partial charge in [-0.3, -0.25) is 14.4 Å². The highest BCUT2D eigenvalue weighted by Gasteiger charge is 2.36. The molecule has 2 N–H and O–H groups in total. The summed E-state index contributed by atoms with van der Waals surface area (Å²) in [5.41, 5.74) is -0.387. The quantitative estimate of drug-likeness (QED) is 0.403. The van der Waals surface area contributed by atoms with E-state index in [-0.39, 0.29) is 28.0 Å². The van der Waals surface area contributed by atoms with Gasteiger partial charge >= 0.3 is 5.97 Å². The number of rotatable bonds is 1. The van der Waals surface area contributed by atoms with Gasteiger partial charge in [0.15, 0.2) is 23.1 Å². The van der Waals surface area contributed by atoms with E-state index >= 15 is 0 Å². The Kier molecular flexibility index (Phi) is 2.95. The number of benzene rings is 2. The standard InChI is InChI=1S/C16H10O6/c1-7(17)22-11-6-10(18)12-13(16(11)21)15(20)9-5-3-2-4-8(9)14(12)19/h2-6,18,21H,1H3. The van der Waals surface area contributed by atoms with Gasteiger partial charge in [0, 0.05) is 24.1 Å². The van der Waals surface area contributed by atoms with Gasteiger partial charge in [0.05, 0.1) is 11.1 Å². The summed E-state index contributed by atoms with van der Waals surface area (Å²) in [4.78, 5) is 36.0. The van der Waals surface area contributed by atoms with Crippen LogP contribution >= 0.6 is 0 Å². The molecule has 0 aromatic heterocycles. The molecule has 0 spiro atoms. The summed E-state index contributed by atoms with van der Waals surface area (Å²) in [7, 11) is 0. The minimum Gasteiger partial charge on any atom is -0.507 e. The molecule has 0 bridgehead atoms. The van der Waals surface area contributed by atoms with E-state index in [0.717, 1.165) is 13.0 Å². The number of hydrogen-bond acceptors (Lipinski definition) is 6. The van der Waals surface area contributed by atoms with E-state index in [0.29, 0.717) is 0 Å². The average Bonchev–Trinajstić information content (AvgIpc) is 2.47. The zero-order valence-electron chi connectivity index (χ0n) is 11.4. The molecule has 3 rings (SSSR count). The van der Waals surface area contributed by atoms with E-state index in [1.807, 2.05) is 0 Å². The predicted molar refractivity (Wildman–Crippen MR) is 74.4 cm³/mol. The van der Waals surface area contributed by atoms with Crippen molar-refractivity contribution in [3.8, 4) is 17.2 Å². The fourth-order valence-electron chi connectivity index (χ4n) is 2.47. The maximum atomic E-state index is 12.5. The second-order valence-electron chi connectivity index (χ2n) is 4.79. The molecule has 0 unspecified atom stereocenters. The van der Waals surface area contributed by atoms with Crippen molar-refractivity contribution < 1.29 is 29.3 Å². The highest BCUT2D eigenvalue weighted by atomic mass is 16.5. The van der Waals surface area contributed by atoms with Crippen molar-refractivity contribution in [1.29, 1.82) is 0 Å². The minimum absolute atomic E-state index is 0.120. The van der Waals surface area contributed by atoms with Crippen LogP contribution in [0.3, 0.4) is 0 Å². The normalized spacial score (nSPS) is 12.6. The van der Waals surface area contributed by atoms with Crippen molar-refractivity contribution in [2.24, 2.45) is 0 Å². The van der Waals surface area contributed by atoms with Gasteiger partial charge in [-0.1, -0.05) is 24.3 Å². The van der Waals surface area contributed by atoms with Crippen molar-refractivity contribution in [1.82, 2.24) is 0 Å². The molecule has 2 aromatic carbocycles. The predicted octanol–water partition coefficient (Wildman–Crippen LogP) is 1.80. The largest absolute Gasteiger partial charge is 0.507 e. The van der Waals surface area contributed by atoms with Gasteiger partial charge in [0.2, 0.25) is 0 Å². The third kappa shape index (κ3) is 1.85. The van der Waals surface area contributed by atoms with Gasteiger partial charge in [-0.15, -0.1) is 0 Å². The number of phenols is 2. The van der Waals surface area contributed by atoms with Gasteiger partial charge in [-0.05, 0) is 0 Å². The second kappa shape index (κ2) is 4.70. The lowest BCUT2D eigenvalue weighted by Crippen LogP contribution is -2.21. The van der Waals surface area contributed by atoms with Crippen molar-refractivity contribution in [3.63, 3.8) is 0 Å². The van der Waals surface area contributed by atoms with Gasteiger partial charge < -0.3 is 14.9 Å². The fourth-order valence-corrected chi connectivity index (χ4v) is 2.47. The Morgan fingerprint density at radius 1 is 1.00 bits per heavy atom. The summed E-state index contributed by atoms with van der Waals surface area (Å²) in [6.45, 7) is 1.11. The molecule has 2 aromatic rings. The molecule has 22 heavy (non-hydrogen) atoms. The monoisotopic (exact) mass is 298 g/mol. The first-order valence-corrected chi connectivity index (χ1v) is 6.37. The number of hydrogen-bond donors (Lipinski definition) is 2. The van der Waals surface area contributed by atoms with Crippen LogP contribution < -0.4 is 4.74 Å². The molecule has 6 heteroatoms. The molecule has 1 aliphatic rings. The SMILES string of the molecule is CC(=O)Oc1cc(O)c2c(c1O)C(=O)c1ccccc1C2=O. The van der Waals surface area contributed by atoms with Crippen LogP contribution in [0.5, 0.6) is 17.2 Å². The number of carbonyl (C=O) groups excluding carboxylic acids is 3. The van der Waals surface area contributed by atoms with E-state index in [1.54, 1.807) is 12.1 Å². The maximum Gasteiger partial charge on any atom is 0.308 e. The number of fused-ring (bicyclic) bond motifs is 2. The Hall–Kier alpha value is -3.15. The lowest BCUT2D eigenvalue weighted by Gasteiger charge is -2.20. The molecule has 0 aliphatic heterocycles. The minimum atomic E-state index is -0.732. The number of ether oxygens (including phenoxy) is 1. The first-order chi connectivity index (χ1) is 10.4. The van der Waals surface area contributed by atoms with Gasteiger partial charge in [-0.25, -0.2) is 0 Å². The van der Waals surface area contributed by atoms with Crippen molar-refractivity contribution >= 4 is 17.5 Å². The summed E-state index contributed by atoms with van der Waals surface area (Å²) < 4.78 is 4.75. The van der Waals surface area contributed by atoms with Gasteiger partial charge in [0.25, 0.3) is 0 Å². The van der Waals surface area contributed by atoms with Crippen molar-refractivity contribution in [2.75, 3.05) is 0 Å². The lowest BCUT2D eigenvalue weighted by atomic mass is 9.83. The summed E-state index contributed by atoms with van der Waals surface area (Å²) in [5, 5.41) is 20.2. The zero-order valence-corrected chi connectivity index (χ0v) is 11.4. The Labute approximate surface area is 124 Å². The Morgan fingerprint density at radius 3 is 2.09 bits per heavy atom. The number of phenolic OH excluding ortho intramolecular Hbond substituents is 2. The van der Waals surface area contributed by atoms with E-state index in [2.05, 4.69) is 0 Å². The zero-order chi connectivity index (χ0) is 16.0. The van der Waals surface area contributed by atoms with Crippen LogP contribution in [-0.4, -0.2) is 27.7 Å². The Bertz CT molecular complexity index is 850. The van der Waals surface area contributed by atoms with E-state index in [9.17, 15) is 24.6 Å². The van der Waals surface area contributed by atoms with E-state index in [1.165, 1.54) is 12.1 Å². The summed E-state index contributed by atoms with van der Waals surface area (Å²) in [5.74, 6) is -3.47. The number of aromatic hydroxyl groups is 2. The Morgan fingerprint density at radius 2 is 1.55 bits per heavy atom. The van der Waals surface area contributed by atoms with Crippen LogP contribution in [0.1, 0.15) is 38.8 Å². The maximum absolute atomic E-state index is 12.5. The van der Waals surface area contributed by atoms with E-state index in [4.69, 9.17) is 4.74 Å². The molecule has 0 radical (unpaired) electrons. The summed E-state index contributed by atoms with van der Waals surface area (Å²) in [6, 6.07) is 7.04. The van der Waals surface area contributed by atoms with Crippen LogP contribution in [-0.2, 0) is 4.79 Å². The number of ketones is 2. The molecule has 0 saturated heterocycles. The number of carbonyl (C=O) groups is 3. The summed E-state index contributed by atoms with van der Waals surface area (Å²) in [6.07, 6.45) is 0. The van der Waals surface area contributed by atoms with Gasteiger partial charge in [-0.2, -0.15) is 0 Å². The first kappa shape index (κ1) is 13.8. The van der Waals surface area contributed by atoms with Gasteiger partial charge in [0.1, 0.15) is 5.75 Å². The highest BCUT2D eigenvalue weighted by Crippen LogP contribution is 2.43. The third-order valence-electron chi connectivity index (χ3n) is 3.37. The molecule has 0 fully saturated rings. The molecule has 1 aliphatic carbocycles. The molecule has 0 atom stereocenters. The molecule has 0 amide bonds. The lowest BCUT2D eigenvalue weighted by molar-refractivity contribution is -0.132. The highest BCUT2D eigenvalue weighted by molar-refractivity contribution is 6.30. The van der Waals surface area contributed by atoms with Crippen LogP contribution in [0.2, 0.25) is 0 Å². The molecular weight excluding hydrogens is 288 g/mol. The molecule has 0 saturated carbocycles. The molecule has 110 valence electrons. The molecular formula is C16H10O6. The van der Waals surface area contributed by atoms with Crippen molar-refractivity contribution in [3.05, 3.63) is 52.6 Å². The van der Waals surface area contributed by atoms with Crippen LogP contribution in [0, 0.1) is 0 Å². The molecule has 6 nitrogen and oxygen atoms in total. The van der Waals surface area contributed by atoms with Crippen molar-refractivity contribution in [2.45, 2.75) is 6.92 Å². The molecule has 0 heterocycles. The van der Waals surface area contributed by atoms with Crippen LogP contribution in [0.25, 0.3) is 0 Å². The van der Waals surface area contributed by atoms with E-state index < -0.39 is 29.0 Å². The smallest absolute Gasteiger partial charge is 0.308 e. The average molecular weight is 298 g/mol. The second-order valence-corrected chi connectivity index (χ2v) is 4.79. The fraction of sp³-hybridized carbons (Fsp3) is 0.0625. The Balaban J connectivity index is 2.31. The third-order valence-corrected chi connectivity index (χ3v) is 3.37. The summed E-state index contributed by atoms with van der Waals surface area (Å²) >= 11 is 0.